The number of aliphatic hydroxyl groups is 1. The summed E-state index contributed by atoms with van der Waals surface area (Å²) < 4.78 is 4.83. The molecule has 0 aromatic rings. The van der Waals surface area contributed by atoms with E-state index < -0.39 is 12.1 Å². The first-order valence-electron chi connectivity index (χ1n) is 4.60. The molecule has 0 saturated heterocycles. The lowest BCUT2D eigenvalue weighted by molar-refractivity contribution is -0.155. The number of carbonyl (C=O) groups excluding carboxylic acids is 1. The van der Waals surface area contributed by atoms with Crippen LogP contribution < -0.4 is 0 Å². The quantitative estimate of drug-likeness (QED) is 0.388. The normalized spacial score (nSPS) is 14.7. The van der Waals surface area contributed by atoms with Gasteiger partial charge < -0.3 is 9.84 Å². The van der Waals surface area contributed by atoms with Crippen LogP contribution >= 0.6 is 0 Å². The Morgan fingerprint density at radius 3 is 2.77 bits per heavy atom. The zero-order valence-corrected chi connectivity index (χ0v) is 8.32. The molecule has 0 aromatic heterocycles. The summed E-state index contributed by atoms with van der Waals surface area (Å²) in [5.41, 5.74) is 0. The first-order valence-corrected chi connectivity index (χ1v) is 4.60. The molecule has 2 atom stereocenters. The van der Waals surface area contributed by atoms with Crippen molar-refractivity contribution in [2.24, 2.45) is 5.92 Å². The van der Waals surface area contributed by atoms with Crippen LogP contribution in [-0.2, 0) is 9.53 Å². The van der Waals surface area contributed by atoms with E-state index >= 15 is 0 Å². The predicted molar refractivity (Wildman–Crippen MR) is 51.2 cm³/mol. The Morgan fingerprint density at radius 2 is 2.31 bits per heavy atom. The van der Waals surface area contributed by atoms with Gasteiger partial charge >= 0.3 is 5.97 Å². The molecule has 1 N–H and O–H groups in total. The molecule has 0 fully saturated rings. The minimum absolute atomic E-state index is 0.255. The van der Waals surface area contributed by atoms with Crippen LogP contribution in [0.15, 0.2) is 12.7 Å². The third-order valence-electron chi connectivity index (χ3n) is 1.85. The summed E-state index contributed by atoms with van der Waals surface area (Å²) in [6, 6.07) is 0. The molecule has 0 aromatic carbocycles. The van der Waals surface area contributed by atoms with Gasteiger partial charge in [0.25, 0.3) is 0 Å². The first-order chi connectivity index (χ1) is 6.13. The summed E-state index contributed by atoms with van der Waals surface area (Å²) in [6.45, 7) is 7.61. The Morgan fingerprint density at radius 1 is 1.69 bits per heavy atom. The Balaban J connectivity index is 3.75. The molecule has 0 saturated carbocycles. The molecule has 0 spiro atoms. The fraction of sp³-hybridized carbons (Fsp3) is 0.700. The van der Waals surface area contributed by atoms with Crippen molar-refractivity contribution in [2.45, 2.75) is 32.8 Å². The summed E-state index contributed by atoms with van der Waals surface area (Å²) >= 11 is 0. The molecule has 13 heavy (non-hydrogen) atoms. The lowest BCUT2D eigenvalue weighted by atomic mass is 10.1. The van der Waals surface area contributed by atoms with Crippen molar-refractivity contribution < 1.29 is 14.6 Å². The highest BCUT2D eigenvalue weighted by atomic mass is 16.5. The maximum atomic E-state index is 11.1. The van der Waals surface area contributed by atoms with E-state index in [1.54, 1.807) is 6.92 Å². The summed E-state index contributed by atoms with van der Waals surface area (Å²) in [5.74, 6) is -0.810. The van der Waals surface area contributed by atoms with Crippen molar-refractivity contribution in [1.82, 2.24) is 0 Å². The molecule has 0 heterocycles. The molecule has 3 heteroatoms. The molecule has 0 amide bonds. The SMILES string of the molecule is C=C[C@@H](C)[C@H](O)C(=O)OCCCC. The number of rotatable bonds is 6. The summed E-state index contributed by atoms with van der Waals surface area (Å²) in [4.78, 5) is 11.1. The molecule has 3 nitrogen and oxygen atoms in total. The molecule has 0 aliphatic carbocycles. The number of hydrogen-bond acceptors (Lipinski definition) is 3. The first kappa shape index (κ1) is 12.2. The molecule has 0 radical (unpaired) electrons. The molecular formula is C10H18O3. The van der Waals surface area contributed by atoms with Gasteiger partial charge in [0.15, 0.2) is 6.10 Å². The van der Waals surface area contributed by atoms with Crippen molar-refractivity contribution in [2.75, 3.05) is 6.61 Å². The van der Waals surface area contributed by atoms with Gasteiger partial charge in [0.1, 0.15) is 0 Å². The standard InChI is InChI=1S/C10H18O3/c1-4-6-7-13-10(12)9(11)8(3)5-2/h5,8-9,11H,2,4,6-7H2,1,3H3/t8-,9+/m1/s1. The number of unbranched alkanes of at least 4 members (excludes halogenated alkanes) is 1. The lowest BCUT2D eigenvalue weighted by Crippen LogP contribution is -2.28. The summed E-state index contributed by atoms with van der Waals surface area (Å²) in [7, 11) is 0. The molecule has 0 rings (SSSR count). The predicted octanol–water partition coefficient (Wildman–Crippen LogP) is 1.51. The number of aliphatic hydroxyl groups excluding tert-OH is 1. The van der Waals surface area contributed by atoms with Gasteiger partial charge in [-0.15, -0.1) is 6.58 Å². The van der Waals surface area contributed by atoms with E-state index in [-0.39, 0.29) is 5.92 Å². The second-order valence-electron chi connectivity index (χ2n) is 3.06. The summed E-state index contributed by atoms with van der Waals surface area (Å²) in [5, 5.41) is 9.34. The van der Waals surface area contributed by atoms with E-state index in [2.05, 4.69) is 6.58 Å². The van der Waals surface area contributed by atoms with Crippen LogP contribution in [0.2, 0.25) is 0 Å². The molecule has 0 aliphatic rings. The van der Waals surface area contributed by atoms with Gasteiger partial charge in [-0.05, 0) is 6.42 Å². The fourth-order valence-electron chi connectivity index (χ4n) is 0.746. The van der Waals surface area contributed by atoms with Crippen LogP contribution in [0.1, 0.15) is 26.7 Å². The third kappa shape index (κ3) is 4.68. The van der Waals surface area contributed by atoms with E-state index in [9.17, 15) is 9.90 Å². The minimum atomic E-state index is -1.07. The van der Waals surface area contributed by atoms with E-state index in [1.165, 1.54) is 6.08 Å². The van der Waals surface area contributed by atoms with Crippen molar-refractivity contribution in [3.8, 4) is 0 Å². The highest BCUT2D eigenvalue weighted by Crippen LogP contribution is 2.05. The zero-order valence-electron chi connectivity index (χ0n) is 8.32. The van der Waals surface area contributed by atoms with Crippen molar-refractivity contribution in [3.05, 3.63) is 12.7 Å². The lowest BCUT2D eigenvalue weighted by Gasteiger charge is -2.13. The Bertz CT molecular complexity index is 166. The average molecular weight is 186 g/mol. The number of esters is 1. The minimum Gasteiger partial charge on any atom is -0.464 e. The second-order valence-corrected chi connectivity index (χ2v) is 3.06. The Kier molecular flexibility index (Phi) is 6.24. The van der Waals surface area contributed by atoms with Crippen LogP contribution in [0.5, 0.6) is 0 Å². The maximum absolute atomic E-state index is 11.1. The number of ether oxygens (including phenoxy) is 1. The molecule has 76 valence electrons. The van der Waals surface area contributed by atoms with E-state index in [0.717, 1.165) is 12.8 Å². The van der Waals surface area contributed by atoms with Crippen LogP contribution in [0, 0.1) is 5.92 Å². The second kappa shape index (κ2) is 6.66. The van der Waals surface area contributed by atoms with E-state index in [4.69, 9.17) is 4.74 Å². The van der Waals surface area contributed by atoms with Crippen LogP contribution in [0.3, 0.4) is 0 Å². The maximum Gasteiger partial charge on any atom is 0.335 e. The van der Waals surface area contributed by atoms with Gasteiger partial charge in [-0.1, -0.05) is 26.3 Å². The van der Waals surface area contributed by atoms with Gasteiger partial charge in [0.2, 0.25) is 0 Å². The van der Waals surface area contributed by atoms with Gasteiger partial charge in [-0.25, -0.2) is 4.79 Å². The van der Waals surface area contributed by atoms with Crippen molar-refractivity contribution >= 4 is 5.97 Å². The highest BCUT2D eigenvalue weighted by molar-refractivity contribution is 5.74. The Hall–Kier alpha value is -0.830. The van der Waals surface area contributed by atoms with Gasteiger partial charge in [-0.3, -0.25) is 0 Å². The molecule has 0 aliphatic heterocycles. The average Bonchev–Trinajstić information content (AvgIpc) is 2.15. The monoisotopic (exact) mass is 186 g/mol. The number of carbonyl (C=O) groups is 1. The summed E-state index contributed by atoms with van der Waals surface area (Å²) in [6.07, 6.45) is 2.27. The third-order valence-corrected chi connectivity index (χ3v) is 1.85. The van der Waals surface area contributed by atoms with Gasteiger partial charge in [0, 0.05) is 5.92 Å². The molecule has 0 unspecified atom stereocenters. The van der Waals surface area contributed by atoms with Gasteiger partial charge in [0.05, 0.1) is 6.61 Å². The largest absolute Gasteiger partial charge is 0.464 e. The fourth-order valence-corrected chi connectivity index (χ4v) is 0.746. The van der Waals surface area contributed by atoms with Crippen LogP contribution in [0.4, 0.5) is 0 Å². The highest BCUT2D eigenvalue weighted by Gasteiger charge is 2.20. The van der Waals surface area contributed by atoms with E-state index in [1.807, 2.05) is 6.92 Å². The smallest absolute Gasteiger partial charge is 0.335 e. The topological polar surface area (TPSA) is 46.5 Å². The molecule has 0 bridgehead atoms. The van der Waals surface area contributed by atoms with Crippen LogP contribution in [0.25, 0.3) is 0 Å². The zero-order chi connectivity index (χ0) is 10.3. The number of hydrogen-bond donors (Lipinski definition) is 1. The molecular weight excluding hydrogens is 168 g/mol. The van der Waals surface area contributed by atoms with Gasteiger partial charge in [-0.2, -0.15) is 0 Å². The van der Waals surface area contributed by atoms with Crippen LogP contribution in [-0.4, -0.2) is 23.8 Å². The van der Waals surface area contributed by atoms with Crippen molar-refractivity contribution in [1.29, 1.82) is 0 Å². The van der Waals surface area contributed by atoms with E-state index in [0.29, 0.717) is 6.61 Å². The Labute approximate surface area is 79.4 Å². The van der Waals surface area contributed by atoms with Crippen molar-refractivity contribution in [3.63, 3.8) is 0 Å².